The molecule has 0 spiro atoms. The third-order valence-corrected chi connectivity index (χ3v) is 6.76. The van der Waals surface area contributed by atoms with Crippen LogP contribution < -0.4 is 9.47 Å². The second kappa shape index (κ2) is 9.90. The summed E-state index contributed by atoms with van der Waals surface area (Å²) in [5.74, 6) is 1.43. The summed E-state index contributed by atoms with van der Waals surface area (Å²) in [4.78, 5) is 15.4. The van der Waals surface area contributed by atoms with Crippen molar-refractivity contribution in [2.45, 2.75) is 51.5 Å². The lowest BCUT2D eigenvalue weighted by molar-refractivity contribution is 0.0788. The number of rotatable bonds is 8. The highest BCUT2D eigenvalue weighted by Gasteiger charge is 2.34. The van der Waals surface area contributed by atoms with Crippen molar-refractivity contribution in [2.24, 2.45) is 0 Å². The minimum absolute atomic E-state index is 0.0572. The van der Waals surface area contributed by atoms with Gasteiger partial charge in [-0.15, -0.1) is 0 Å². The lowest BCUT2D eigenvalue weighted by Crippen LogP contribution is -2.31. The SMILES string of the molecule is COc1cc2c(cc1OCCCCCBr)CC[C@@H]1CC(c3ccc(C)cc3)=CN1C2=O. The summed E-state index contributed by atoms with van der Waals surface area (Å²) in [5.41, 5.74) is 5.47. The fourth-order valence-corrected chi connectivity index (χ4v) is 4.80. The fourth-order valence-electron chi connectivity index (χ4n) is 4.40. The van der Waals surface area contributed by atoms with Crippen molar-refractivity contribution in [1.29, 1.82) is 0 Å². The largest absolute Gasteiger partial charge is 0.493 e. The molecule has 0 fully saturated rings. The molecule has 2 aliphatic heterocycles. The summed E-state index contributed by atoms with van der Waals surface area (Å²) in [6, 6.07) is 12.6. The molecule has 0 bridgehead atoms. The molecule has 4 rings (SSSR count). The van der Waals surface area contributed by atoms with Gasteiger partial charge in [-0.2, -0.15) is 0 Å². The quantitative estimate of drug-likeness (QED) is 0.333. The number of aryl methyl sites for hydroxylation is 2. The van der Waals surface area contributed by atoms with Crippen molar-refractivity contribution in [3.8, 4) is 11.5 Å². The van der Waals surface area contributed by atoms with Gasteiger partial charge in [0.1, 0.15) is 0 Å². The molecule has 1 atom stereocenters. The van der Waals surface area contributed by atoms with Crippen molar-refractivity contribution < 1.29 is 14.3 Å². The van der Waals surface area contributed by atoms with Gasteiger partial charge in [-0.1, -0.05) is 45.8 Å². The van der Waals surface area contributed by atoms with Crippen LogP contribution in [0.4, 0.5) is 0 Å². The molecule has 2 heterocycles. The number of hydrogen-bond donors (Lipinski definition) is 0. The Balaban J connectivity index is 1.55. The minimum atomic E-state index is 0.0572. The number of unbranched alkanes of at least 4 members (excludes halogenated alkanes) is 2. The summed E-state index contributed by atoms with van der Waals surface area (Å²) < 4.78 is 11.6. The van der Waals surface area contributed by atoms with E-state index in [2.05, 4.69) is 47.1 Å². The molecule has 0 unspecified atom stereocenters. The van der Waals surface area contributed by atoms with E-state index in [0.717, 1.165) is 60.7 Å². The number of ether oxygens (including phenoxy) is 2. The van der Waals surface area contributed by atoms with Crippen LogP contribution in [0.25, 0.3) is 5.57 Å². The van der Waals surface area contributed by atoms with Crippen molar-refractivity contribution in [3.05, 3.63) is 64.9 Å². The molecule has 5 heteroatoms. The van der Waals surface area contributed by atoms with Gasteiger partial charge < -0.3 is 14.4 Å². The second-order valence-corrected chi connectivity index (χ2v) is 9.18. The molecule has 164 valence electrons. The van der Waals surface area contributed by atoms with Crippen LogP contribution in [-0.2, 0) is 6.42 Å². The van der Waals surface area contributed by atoms with E-state index in [4.69, 9.17) is 9.47 Å². The molecule has 2 aromatic rings. The number of carbonyl (C=O) groups excluding carboxylic acids is 1. The minimum Gasteiger partial charge on any atom is -0.493 e. The number of fused-ring (bicyclic) bond motifs is 2. The smallest absolute Gasteiger partial charge is 0.258 e. The van der Waals surface area contributed by atoms with E-state index in [1.54, 1.807) is 7.11 Å². The normalized spacial score (nSPS) is 17.6. The third-order valence-electron chi connectivity index (χ3n) is 6.20. The first kappa shape index (κ1) is 21.9. The van der Waals surface area contributed by atoms with Gasteiger partial charge in [0.2, 0.25) is 0 Å². The van der Waals surface area contributed by atoms with E-state index in [-0.39, 0.29) is 11.9 Å². The molecule has 0 saturated heterocycles. The van der Waals surface area contributed by atoms with Crippen LogP contribution in [0.2, 0.25) is 0 Å². The van der Waals surface area contributed by atoms with Crippen LogP contribution in [-0.4, -0.2) is 35.9 Å². The van der Waals surface area contributed by atoms with Gasteiger partial charge in [-0.25, -0.2) is 0 Å². The van der Waals surface area contributed by atoms with Crippen molar-refractivity contribution in [2.75, 3.05) is 19.0 Å². The molecular weight excluding hydrogens is 454 g/mol. The lowest BCUT2D eigenvalue weighted by Gasteiger charge is -2.21. The summed E-state index contributed by atoms with van der Waals surface area (Å²) in [7, 11) is 1.63. The molecule has 1 amide bonds. The van der Waals surface area contributed by atoms with E-state index in [9.17, 15) is 4.79 Å². The highest BCUT2D eigenvalue weighted by molar-refractivity contribution is 9.09. The lowest BCUT2D eigenvalue weighted by atomic mass is 9.97. The zero-order chi connectivity index (χ0) is 21.8. The summed E-state index contributed by atoms with van der Waals surface area (Å²) in [6.45, 7) is 2.75. The first-order valence-corrected chi connectivity index (χ1v) is 12.2. The number of halogens is 1. The number of nitrogens with zero attached hydrogens (tertiary/aromatic N) is 1. The highest BCUT2D eigenvalue weighted by Crippen LogP contribution is 2.39. The van der Waals surface area contributed by atoms with Gasteiger partial charge >= 0.3 is 0 Å². The third kappa shape index (κ3) is 4.82. The zero-order valence-electron chi connectivity index (χ0n) is 18.3. The number of benzene rings is 2. The number of methoxy groups -OCH3 is 1. The van der Waals surface area contributed by atoms with Crippen LogP contribution in [0, 0.1) is 6.92 Å². The van der Waals surface area contributed by atoms with Crippen LogP contribution in [0.15, 0.2) is 42.6 Å². The molecule has 31 heavy (non-hydrogen) atoms. The molecular formula is C26H30BrNO3. The number of hydrogen-bond acceptors (Lipinski definition) is 3. The summed E-state index contributed by atoms with van der Waals surface area (Å²) in [6.07, 6.45) is 8.04. The van der Waals surface area contributed by atoms with Crippen molar-refractivity contribution >= 4 is 27.4 Å². The van der Waals surface area contributed by atoms with Gasteiger partial charge in [0, 0.05) is 23.1 Å². The summed E-state index contributed by atoms with van der Waals surface area (Å²) >= 11 is 3.46. The maximum Gasteiger partial charge on any atom is 0.258 e. The topological polar surface area (TPSA) is 38.8 Å². The Bertz CT molecular complexity index is 967. The van der Waals surface area contributed by atoms with Crippen LogP contribution in [0.5, 0.6) is 11.5 Å². The molecule has 2 aromatic carbocycles. The van der Waals surface area contributed by atoms with Crippen molar-refractivity contribution in [3.63, 3.8) is 0 Å². The van der Waals surface area contributed by atoms with Crippen molar-refractivity contribution in [1.82, 2.24) is 4.90 Å². The maximum absolute atomic E-state index is 13.4. The first-order valence-electron chi connectivity index (χ1n) is 11.1. The van der Waals surface area contributed by atoms with E-state index in [0.29, 0.717) is 12.4 Å². The Hall–Kier alpha value is -2.27. The number of amides is 1. The predicted octanol–water partition coefficient (Wildman–Crippen LogP) is 6.15. The second-order valence-electron chi connectivity index (χ2n) is 8.39. The molecule has 4 nitrogen and oxygen atoms in total. The van der Waals surface area contributed by atoms with Gasteiger partial charge in [0.15, 0.2) is 11.5 Å². The van der Waals surface area contributed by atoms with Gasteiger partial charge in [-0.05, 0) is 74.3 Å². The van der Waals surface area contributed by atoms with Gasteiger partial charge in [0.05, 0.1) is 13.7 Å². The number of carbonyl (C=O) groups is 1. The average molecular weight is 484 g/mol. The Labute approximate surface area is 193 Å². The molecule has 0 saturated carbocycles. The molecule has 0 aromatic heterocycles. The van der Waals surface area contributed by atoms with E-state index in [1.807, 2.05) is 23.2 Å². The van der Waals surface area contributed by atoms with Crippen LogP contribution in [0.3, 0.4) is 0 Å². The molecule has 0 radical (unpaired) electrons. The molecule has 0 N–H and O–H groups in total. The van der Waals surface area contributed by atoms with Crippen LogP contribution in [0.1, 0.15) is 59.2 Å². The Kier molecular flexibility index (Phi) is 7.01. The highest BCUT2D eigenvalue weighted by atomic mass is 79.9. The maximum atomic E-state index is 13.4. The van der Waals surface area contributed by atoms with Gasteiger partial charge in [-0.3, -0.25) is 4.79 Å². The summed E-state index contributed by atoms with van der Waals surface area (Å²) in [5, 5.41) is 1.02. The standard InChI is InChI=1S/C26H30BrNO3/c1-18-6-8-19(9-7-18)21-14-22-11-10-20-15-25(31-13-5-3-4-12-27)24(30-2)16-23(20)26(29)28(22)17-21/h6-9,15-17,22H,3-5,10-14H2,1-2H3/t22-/m1/s1. The monoisotopic (exact) mass is 483 g/mol. The first-order chi connectivity index (χ1) is 15.1. The van der Waals surface area contributed by atoms with E-state index < -0.39 is 0 Å². The number of alkyl halides is 1. The van der Waals surface area contributed by atoms with E-state index in [1.165, 1.54) is 16.7 Å². The molecule has 2 aliphatic rings. The Morgan fingerprint density at radius 1 is 1.10 bits per heavy atom. The Morgan fingerprint density at radius 3 is 2.65 bits per heavy atom. The van der Waals surface area contributed by atoms with Gasteiger partial charge in [0.25, 0.3) is 5.91 Å². The fraction of sp³-hybridized carbons (Fsp3) is 0.423. The Morgan fingerprint density at radius 2 is 1.90 bits per heavy atom. The predicted molar refractivity (Wildman–Crippen MR) is 128 cm³/mol. The van der Waals surface area contributed by atoms with Crippen LogP contribution >= 0.6 is 15.9 Å². The molecule has 0 aliphatic carbocycles. The average Bonchev–Trinajstić information content (AvgIpc) is 3.16. The van der Waals surface area contributed by atoms with E-state index >= 15 is 0 Å². The zero-order valence-corrected chi connectivity index (χ0v) is 19.9.